The Bertz CT molecular complexity index is 1030. The molecule has 27 heavy (non-hydrogen) atoms. The second-order valence-electron chi connectivity index (χ2n) is 6.08. The van der Waals surface area contributed by atoms with Crippen molar-refractivity contribution in [2.24, 2.45) is 0 Å². The van der Waals surface area contributed by atoms with Gasteiger partial charge in [0.1, 0.15) is 12.3 Å². The van der Waals surface area contributed by atoms with E-state index in [0.717, 1.165) is 16.8 Å². The molecule has 0 unspecified atom stereocenters. The molecule has 1 atom stereocenters. The molecule has 1 amide bonds. The van der Waals surface area contributed by atoms with Crippen LogP contribution in [0.1, 0.15) is 28.5 Å². The number of aromatic nitrogens is 3. The monoisotopic (exact) mass is 384 g/mol. The zero-order valence-corrected chi connectivity index (χ0v) is 15.5. The zero-order valence-electron chi connectivity index (χ0n) is 14.7. The van der Waals surface area contributed by atoms with Gasteiger partial charge in [-0.2, -0.15) is 15.3 Å². The van der Waals surface area contributed by atoms with Crippen LogP contribution in [-0.4, -0.2) is 26.7 Å². The molecule has 0 bridgehead atoms. The van der Waals surface area contributed by atoms with Gasteiger partial charge in [-0.15, -0.1) is 0 Å². The number of anilines is 1. The highest BCUT2D eigenvalue weighted by Gasteiger charge is 2.15. The Balaban J connectivity index is 1.70. The number of nitrogens with two attached hydrogens (primary N) is 1. The van der Waals surface area contributed by atoms with Gasteiger partial charge < -0.3 is 15.5 Å². The van der Waals surface area contributed by atoms with E-state index in [1.165, 1.54) is 6.26 Å². The summed E-state index contributed by atoms with van der Waals surface area (Å²) >= 11 is 6.23. The molecule has 2 heterocycles. The summed E-state index contributed by atoms with van der Waals surface area (Å²) in [6.45, 7) is 4.17. The van der Waals surface area contributed by atoms with Gasteiger partial charge in [0.2, 0.25) is 0 Å². The minimum Gasteiger partial charge on any atom is -0.431 e. The smallest absolute Gasteiger partial charge is 0.292 e. The third kappa shape index (κ3) is 3.93. The first-order valence-corrected chi connectivity index (χ1v) is 8.51. The Hall–Kier alpha value is -3.31. The molecule has 8 nitrogen and oxygen atoms in total. The Morgan fingerprint density at radius 3 is 2.93 bits per heavy atom. The molecule has 0 aliphatic rings. The average Bonchev–Trinajstić information content (AvgIpc) is 3.26. The normalized spacial score (nSPS) is 11.8. The molecule has 1 aromatic carbocycles. The molecule has 9 heteroatoms. The number of nitriles is 1. The van der Waals surface area contributed by atoms with Crippen molar-refractivity contribution in [3.8, 4) is 17.3 Å². The number of amides is 1. The van der Waals surface area contributed by atoms with Crippen LogP contribution in [0.4, 0.5) is 6.01 Å². The van der Waals surface area contributed by atoms with E-state index in [-0.39, 0.29) is 23.7 Å². The van der Waals surface area contributed by atoms with Gasteiger partial charge in [0.05, 0.1) is 22.8 Å². The molecule has 3 rings (SSSR count). The second kappa shape index (κ2) is 7.51. The van der Waals surface area contributed by atoms with E-state index in [1.54, 1.807) is 10.7 Å². The molecule has 3 N–H and O–H groups in total. The summed E-state index contributed by atoms with van der Waals surface area (Å²) in [7, 11) is 0. The number of hydrogen-bond donors (Lipinski definition) is 2. The van der Waals surface area contributed by atoms with Crippen molar-refractivity contribution in [2.75, 3.05) is 5.73 Å². The highest BCUT2D eigenvalue weighted by molar-refractivity contribution is 6.32. The summed E-state index contributed by atoms with van der Waals surface area (Å²) in [5, 5.41) is 16.8. The minimum atomic E-state index is -0.370. The Morgan fingerprint density at radius 1 is 1.48 bits per heavy atom. The lowest BCUT2D eigenvalue weighted by atomic mass is 10.0. The highest BCUT2D eigenvalue weighted by Crippen LogP contribution is 2.29. The molecule has 0 spiro atoms. The molecule has 3 aromatic rings. The van der Waals surface area contributed by atoms with E-state index in [1.807, 2.05) is 32.2 Å². The largest absolute Gasteiger partial charge is 0.431 e. The fraction of sp³-hybridized carbons (Fsp3) is 0.222. The van der Waals surface area contributed by atoms with E-state index in [2.05, 4.69) is 21.5 Å². The summed E-state index contributed by atoms with van der Waals surface area (Å²) < 4.78 is 6.56. The van der Waals surface area contributed by atoms with E-state index in [9.17, 15) is 4.79 Å². The van der Waals surface area contributed by atoms with Gasteiger partial charge in [0.15, 0.2) is 5.69 Å². The molecule has 0 radical (unpaired) electrons. The van der Waals surface area contributed by atoms with Gasteiger partial charge >= 0.3 is 0 Å². The quantitative estimate of drug-likeness (QED) is 0.697. The molecule has 0 aliphatic heterocycles. The molecule has 138 valence electrons. The maximum absolute atomic E-state index is 12.1. The maximum atomic E-state index is 12.1. The summed E-state index contributed by atoms with van der Waals surface area (Å²) in [6, 6.07) is 7.17. The van der Waals surface area contributed by atoms with E-state index < -0.39 is 0 Å². The van der Waals surface area contributed by atoms with E-state index in [4.69, 9.17) is 27.0 Å². The zero-order chi connectivity index (χ0) is 19.6. The van der Waals surface area contributed by atoms with Crippen LogP contribution in [0.5, 0.6) is 0 Å². The maximum Gasteiger partial charge on any atom is 0.292 e. The van der Waals surface area contributed by atoms with Crippen LogP contribution in [0, 0.1) is 18.3 Å². The SMILES string of the molecule is Cc1c(-c2ccn(C[C@H](C)NC(=O)c3coc(N)n3)n2)ccc(C#N)c1Cl. The van der Waals surface area contributed by atoms with Gasteiger partial charge in [0, 0.05) is 17.8 Å². The number of hydrogen-bond acceptors (Lipinski definition) is 6. The Labute approximate surface area is 160 Å². The number of nitrogen functional groups attached to an aromatic ring is 1. The first-order chi connectivity index (χ1) is 12.9. The van der Waals surface area contributed by atoms with Gasteiger partial charge in [-0.3, -0.25) is 9.48 Å². The third-order valence-corrected chi connectivity index (χ3v) is 4.50. The van der Waals surface area contributed by atoms with E-state index >= 15 is 0 Å². The number of nitrogens with zero attached hydrogens (tertiary/aromatic N) is 4. The number of rotatable bonds is 5. The Kier molecular flexibility index (Phi) is 5.14. The standard InChI is InChI=1S/C18H17ClN6O2/c1-10(22-17(26)15-9-27-18(21)23-15)8-25-6-5-14(24-25)13-4-3-12(7-20)16(19)11(13)2/h3-6,9-10H,8H2,1-2H3,(H2,21,23)(H,22,26)/t10-/m0/s1. The lowest BCUT2D eigenvalue weighted by molar-refractivity contribution is 0.0931. The summed E-state index contributed by atoms with van der Waals surface area (Å²) in [6.07, 6.45) is 3.03. The van der Waals surface area contributed by atoms with Gasteiger partial charge in [-0.25, -0.2) is 0 Å². The van der Waals surface area contributed by atoms with Crippen molar-refractivity contribution in [1.82, 2.24) is 20.1 Å². The lowest BCUT2D eigenvalue weighted by Gasteiger charge is -2.13. The molecule has 0 fully saturated rings. The summed E-state index contributed by atoms with van der Waals surface area (Å²) in [5.41, 5.74) is 8.32. The van der Waals surface area contributed by atoms with Crippen LogP contribution in [0.25, 0.3) is 11.3 Å². The molecule has 0 saturated carbocycles. The van der Waals surface area contributed by atoms with Crippen molar-refractivity contribution >= 4 is 23.5 Å². The van der Waals surface area contributed by atoms with E-state index in [0.29, 0.717) is 17.1 Å². The molecule has 0 aliphatic carbocycles. The molecule has 2 aromatic heterocycles. The highest BCUT2D eigenvalue weighted by atomic mass is 35.5. The van der Waals surface area contributed by atoms with Gasteiger partial charge in [0.25, 0.3) is 11.9 Å². The molecular weight excluding hydrogens is 368 g/mol. The van der Waals surface area contributed by atoms with Crippen molar-refractivity contribution < 1.29 is 9.21 Å². The van der Waals surface area contributed by atoms with Crippen LogP contribution in [0.15, 0.2) is 35.1 Å². The lowest BCUT2D eigenvalue weighted by Crippen LogP contribution is -2.36. The summed E-state index contributed by atoms with van der Waals surface area (Å²) in [5.74, 6) is -0.370. The van der Waals surface area contributed by atoms with Crippen LogP contribution < -0.4 is 11.1 Å². The fourth-order valence-corrected chi connectivity index (χ4v) is 2.88. The van der Waals surface area contributed by atoms with Crippen molar-refractivity contribution in [2.45, 2.75) is 26.4 Å². The first-order valence-electron chi connectivity index (χ1n) is 8.14. The van der Waals surface area contributed by atoms with Crippen LogP contribution in [-0.2, 0) is 6.54 Å². The number of carbonyl (C=O) groups excluding carboxylic acids is 1. The number of nitrogens with one attached hydrogen (secondary N) is 1. The van der Waals surface area contributed by atoms with Gasteiger partial charge in [-0.05, 0) is 31.5 Å². The molecule has 0 saturated heterocycles. The topological polar surface area (TPSA) is 123 Å². The molecular formula is C18H17ClN6O2. The number of carbonyl (C=O) groups is 1. The number of halogens is 1. The predicted octanol–water partition coefficient (Wildman–Crippen LogP) is 2.77. The predicted molar refractivity (Wildman–Crippen MR) is 100.0 cm³/mol. The Morgan fingerprint density at radius 2 is 2.26 bits per heavy atom. The van der Waals surface area contributed by atoms with Crippen LogP contribution in [0.2, 0.25) is 5.02 Å². The van der Waals surface area contributed by atoms with Gasteiger partial charge in [-0.1, -0.05) is 17.7 Å². The second-order valence-corrected chi connectivity index (χ2v) is 6.46. The first kappa shape index (κ1) is 18.5. The fourth-order valence-electron chi connectivity index (χ4n) is 2.67. The van der Waals surface area contributed by atoms with Crippen LogP contribution in [0.3, 0.4) is 0 Å². The van der Waals surface area contributed by atoms with Crippen molar-refractivity contribution in [3.63, 3.8) is 0 Å². The van der Waals surface area contributed by atoms with Crippen LogP contribution >= 0.6 is 11.6 Å². The van der Waals surface area contributed by atoms with Crippen molar-refractivity contribution in [3.05, 3.63) is 52.5 Å². The number of benzene rings is 1. The number of oxazole rings is 1. The van der Waals surface area contributed by atoms with Crippen molar-refractivity contribution in [1.29, 1.82) is 5.26 Å². The average molecular weight is 385 g/mol. The summed E-state index contributed by atoms with van der Waals surface area (Å²) in [4.78, 5) is 15.9. The third-order valence-electron chi connectivity index (χ3n) is 4.02. The minimum absolute atomic E-state index is 0.0547.